The van der Waals surface area contributed by atoms with Gasteiger partial charge in [-0.15, -0.1) is 0 Å². The van der Waals surface area contributed by atoms with Gasteiger partial charge in [0.05, 0.1) is 16.8 Å². The number of anilines is 3. The van der Waals surface area contributed by atoms with Crippen LogP contribution in [0.15, 0.2) is 18.2 Å². The summed E-state index contributed by atoms with van der Waals surface area (Å²) in [6, 6.07) is 3.70. The Hall–Kier alpha value is -2.59. The SMILES string of the molecule is Cc1nc(NC2CN(C(=O)c3ccc(Cl)c(F)c3)C2)nc2c1NC(=O)[C@H](C(C)C)N2C.S. The van der Waals surface area contributed by atoms with Crippen LogP contribution < -0.4 is 15.5 Å². The molecular weight excluding hydrogens is 455 g/mol. The fraction of sp³-hybridized carbons (Fsp3) is 0.429. The predicted octanol–water partition coefficient (Wildman–Crippen LogP) is 3.04. The number of likely N-dealkylation sites (tertiary alicyclic amines) is 1. The summed E-state index contributed by atoms with van der Waals surface area (Å²) in [7, 11) is 1.85. The van der Waals surface area contributed by atoms with Crippen LogP contribution in [0.1, 0.15) is 29.9 Å². The minimum Gasteiger partial charge on any atom is -0.348 e. The van der Waals surface area contributed by atoms with Gasteiger partial charge in [0.25, 0.3) is 5.91 Å². The van der Waals surface area contributed by atoms with E-state index in [1.54, 1.807) is 4.90 Å². The van der Waals surface area contributed by atoms with Gasteiger partial charge in [0, 0.05) is 25.7 Å². The molecule has 8 nitrogen and oxygen atoms in total. The van der Waals surface area contributed by atoms with E-state index in [1.807, 2.05) is 32.7 Å². The van der Waals surface area contributed by atoms with Crippen LogP contribution in [0.2, 0.25) is 5.02 Å². The number of nitrogens with zero attached hydrogens (tertiary/aromatic N) is 4. The summed E-state index contributed by atoms with van der Waals surface area (Å²) in [4.78, 5) is 37.5. The Kier molecular flexibility index (Phi) is 6.85. The van der Waals surface area contributed by atoms with Crippen LogP contribution in [-0.4, -0.2) is 58.9 Å². The van der Waals surface area contributed by atoms with E-state index in [0.29, 0.717) is 36.2 Å². The van der Waals surface area contributed by atoms with Crippen LogP contribution in [0.3, 0.4) is 0 Å². The maximum Gasteiger partial charge on any atom is 0.254 e. The van der Waals surface area contributed by atoms with Crippen LogP contribution in [-0.2, 0) is 4.79 Å². The Balaban J connectivity index is 0.00000289. The largest absolute Gasteiger partial charge is 0.348 e. The van der Waals surface area contributed by atoms with E-state index in [9.17, 15) is 14.0 Å². The quantitative estimate of drug-likeness (QED) is 0.699. The highest BCUT2D eigenvalue weighted by Crippen LogP contribution is 2.34. The van der Waals surface area contributed by atoms with Crippen LogP contribution >= 0.6 is 25.1 Å². The molecule has 2 aliphatic heterocycles. The third kappa shape index (κ3) is 4.33. The van der Waals surface area contributed by atoms with Crippen molar-refractivity contribution in [3.05, 3.63) is 40.3 Å². The molecule has 32 heavy (non-hydrogen) atoms. The second kappa shape index (κ2) is 9.11. The van der Waals surface area contributed by atoms with E-state index in [2.05, 4.69) is 20.6 Å². The fourth-order valence-electron chi connectivity index (χ4n) is 4.01. The Labute approximate surface area is 198 Å². The summed E-state index contributed by atoms with van der Waals surface area (Å²) < 4.78 is 13.6. The van der Waals surface area contributed by atoms with Gasteiger partial charge in [-0.05, 0) is 31.0 Å². The van der Waals surface area contributed by atoms with Gasteiger partial charge < -0.3 is 20.4 Å². The molecule has 0 spiro atoms. The lowest BCUT2D eigenvalue weighted by molar-refractivity contribution is -0.118. The number of carbonyl (C=O) groups is 2. The highest BCUT2D eigenvalue weighted by Gasteiger charge is 2.36. The van der Waals surface area contributed by atoms with Crippen molar-refractivity contribution >= 4 is 54.4 Å². The van der Waals surface area contributed by atoms with Gasteiger partial charge in [0.1, 0.15) is 17.5 Å². The molecule has 2 N–H and O–H groups in total. The number of rotatable bonds is 4. The summed E-state index contributed by atoms with van der Waals surface area (Å²) >= 11 is 5.68. The van der Waals surface area contributed by atoms with Crippen molar-refractivity contribution in [3.8, 4) is 0 Å². The zero-order valence-corrected chi connectivity index (χ0v) is 20.0. The average molecular weight is 481 g/mol. The van der Waals surface area contributed by atoms with Gasteiger partial charge in [0.2, 0.25) is 11.9 Å². The first-order chi connectivity index (χ1) is 14.7. The maximum absolute atomic E-state index is 13.6. The number of likely N-dealkylation sites (N-methyl/N-ethyl adjacent to an activating group) is 1. The highest BCUT2D eigenvalue weighted by atomic mass is 35.5. The molecular formula is C21H26ClFN6O2S. The van der Waals surface area contributed by atoms with Gasteiger partial charge in [-0.3, -0.25) is 9.59 Å². The van der Waals surface area contributed by atoms with Crippen molar-refractivity contribution in [2.75, 3.05) is 35.7 Å². The molecule has 0 radical (unpaired) electrons. The van der Waals surface area contributed by atoms with E-state index in [0.717, 1.165) is 6.07 Å². The van der Waals surface area contributed by atoms with Crippen molar-refractivity contribution in [1.29, 1.82) is 0 Å². The van der Waals surface area contributed by atoms with Crippen LogP contribution in [0.4, 0.5) is 21.8 Å². The Morgan fingerprint density at radius 2 is 2.00 bits per heavy atom. The molecule has 0 aliphatic carbocycles. The smallest absolute Gasteiger partial charge is 0.254 e. The molecule has 172 valence electrons. The number of carbonyl (C=O) groups excluding carboxylic acids is 2. The van der Waals surface area contributed by atoms with Crippen LogP contribution in [0.25, 0.3) is 0 Å². The second-order valence-corrected chi connectivity index (χ2v) is 8.71. The lowest BCUT2D eigenvalue weighted by atomic mass is 9.99. The molecule has 0 saturated carbocycles. The van der Waals surface area contributed by atoms with Crippen molar-refractivity contribution in [1.82, 2.24) is 14.9 Å². The average Bonchev–Trinajstić information content (AvgIpc) is 2.67. The zero-order chi connectivity index (χ0) is 22.4. The molecule has 2 amide bonds. The number of hydrogen-bond donors (Lipinski definition) is 2. The first kappa shape index (κ1) is 24.1. The van der Waals surface area contributed by atoms with E-state index in [1.165, 1.54) is 12.1 Å². The van der Waals surface area contributed by atoms with E-state index >= 15 is 0 Å². The summed E-state index contributed by atoms with van der Waals surface area (Å²) in [6.45, 7) is 6.70. The normalized spacial score (nSPS) is 18.0. The van der Waals surface area contributed by atoms with E-state index in [4.69, 9.17) is 11.6 Å². The van der Waals surface area contributed by atoms with Crippen molar-refractivity contribution in [3.63, 3.8) is 0 Å². The number of nitrogens with one attached hydrogen (secondary N) is 2. The van der Waals surface area contributed by atoms with E-state index < -0.39 is 5.82 Å². The Morgan fingerprint density at radius 3 is 2.62 bits per heavy atom. The van der Waals surface area contributed by atoms with Crippen molar-refractivity contribution in [2.45, 2.75) is 32.9 Å². The topological polar surface area (TPSA) is 90.5 Å². The standard InChI is InChI=1S/C21H24ClFN6O2.H2S/c1-10(2)17-19(30)26-16-11(3)24-21(27-18(16)28(17)4)25-13-8-29(9-13)20(31)12-5-6-14(22)15(23)7-12;/h5-7,10,13,17H,8-9H2,1-4H3,(H,26,30)(H,24,25,27);1H2/t17-;/m0./s1. The maximum atomic E-state index is 13.6. The first-order valence-corrected chi connectivity index (χ1v) is 10.5. The number of benzene rings is 1. The van der Waals surface area contributed by atoms with Gasteiger partial charge in [-0.1, -0.05) is 25.4 Å². The fourth-order valence-corrected chi connectivity index (χ4v) is 4.13. The molecule has 1 saturated heterocycles. The zero-order valence-electron chi connectivity index (χ0n) is 18.2. The van der Waals surface area contributed by atoms with Crippen molar-refractivity contribution < 1.29 is 14.0 Å². The molecule has 1 fully saturated rings. The summed E-state index contributed by atoms with van der Waals surface area (Å²) in [5, 5.41) is 6.16. The molecule has 0 bridgehead atoms. The lowest BCUT2D eigenvalue weighted by Crippen LogP contribution is -2.57. The highest BCUT2D eigenvalue weighted by molar-refractivity contribution is 7.59. The molecule has 1 aromatic heterocycles. The first-order valence-electron chi connectivity index (χ1n) is 10.1. The van der Waals surface area contributed by atoms with Gasteiger partial charge in [-0.25, -0.2) is 9.37 Å². The predicted molar refractivity (Wildman–Crippen MR) is 128 cm³/mol. The molecule has 4 rings (SSSR count). The van der Waals surface area contributed by atoms with Crippen LogP contribution in [0.5, 0.6) is 0 Å². The number of fused-ring (bicyclic) bond motifs is 1. The van der Waals surface area contributed by atoms with Gasteiger partial charge in [-0.2, -0.15) is 18.5 Å². The number of amides is 2. The molecule has 2 aromatic rings. The molecule has 1 atom stereocenters. The molecule has 2 aliphatic rings. The molecule has 11 heteroatoms. The summed E-state index contributed by atoms with van der Waals surface area (Å²) in [6.07, 6.45) is 0. The van der Waals surface area contributed by atoms with Gasteiger partial charge in [0.15, 0.2) is 5.82 Å². The van der Waals surface area contributed by atoms with Crippen molar-refractivity contribution in [2.24, 2.45) is 5.92 Å². The summed E-state index contributed by atoms with van der Waals surface area (Å²) in [5.74, 6) is 0.293. The number of hydrogen-bond acceptors (Lipinski definition) is 6. The molecule has 1 aromatic carbocycles. The molecule has 0 unspecified atom stereocenters. The number of aromatic nitrogens is 2. The lowest BCUT2D eigenvalue weighted by Gasteiger charge is -2.40. The minimum atomic E-state index is -0.614. The van der Waals surface area contributed by atoms with E-state index in [-0.39, 0.29) is 53.9 Å². The Morgan fingerprint density at radius 1 is 1.31 bits per heavy atom. The molecule has 3 heterocycles. The number of aryl methyl sites for hydroxylation is 1. The summed E-state index contributed by atoms with van der Waals surface area (Å²) in [5.41, 5.74) is 1.54. The second-order valence-electron chi connectivity index (χ2n) is 8.30. The monoisotopic (exact) mass is 480 g/mol. The minimum absolute atomic E-state index is 0. The third-order valence-electron chi connectivity index (χ3n) is 5.64. The Bertz CT molecular complexity index is 1060. The third-order valence-corrected chi connectivity index (χ3v) is 5.95. The number of halogens is 2. The van der Waals surface area contributed by atoms with Gasteiger partial charge >= 0.3 is 0 Å². The van der Waals surface area contributed by atoms with Crippen LogP contribution in [0, 0.1) is 18.7 Å².